The summed E-state index contributed by atoms with van der Waals surface area (Å²) in [5.74, 6) is 0.716. The number of ether oxygens (including phenoxy) is 1. The quantitative estimate of drug-likeness (QED) is 0.438. The average Bonchev–Trinajstić information content (AvgIpc) is 2.15. The van der Waals surface area contributed by atoms with Gasteiger partial charge in [0.05, 0.1) is 12.3 Å². The van der Waals surface area contributed by atoms with Crippen LogP contribution in [0.2, 0.25) is 0 Å². The third-order valence-corrected chi connectivity index (χ3v) is 1.39. The number of hydrogen-bond donors (Lipinski definition) is 1. The first kappa shape index (κ1) is 9.31. The molecule has 0 aliphatic carbocycles. The molecule has 1 aromatic rings. The van der Waals surface area contributed by atoms with E-state index in [1.165, 1.54) is 7.05 Å². The van der Waals surface area contributed by atoms with E-state index in [-0.39, 0.29) is 0 Å². The molecule has 0 unspecified atom stereocenters. The van der Waals surface area contributed by atoms with E-state index < -0.39 is 0 Å². The Balaban J connectivity index is 2.72. The highest BCUT2D eigenvalue weighted by molar-refractivity contribution is 5.47. The summed E-state index contributed by atoms with van der Waals surface area (Å²) in [6, 6.07) is 7.15. The highest BCUT2D eigenvalue weighted by Crippen LogP contribution is 2.16. The van der Waals surface area contributed by atoms with Gasteiger partial charge in [-0.2, -0.15) is 4.86 Å². The molecule has 1 rings (SSSR count). The molecule has 70 valence electrons. The maximum Gasteiger partial charge on any atom is 0.150 e. The Labute approximate surface area is 76.2 Å². The van der Waals surface area contributed by atoms with Gasteiger partial charge >= 0.3 is 0 Å². The predicted octanol–water partition coefficient (Wildman–Crippen LogP) is 1.61. The number of nitrogens with zero attached hydrogens (tertiary/aromatic N) is 2. The molecule has 0 aliphatic rings. The second kappa shape index (κ2) is 4.30. The lowest BCUT2D eigenvalue weighted by atomic mass is 10.3. The summed E-state index contributed by atoms with van der Waals surface area (Å²) < 4.78 is 4.99. The topological polar surface area (TPSA) is 59.7 Å². The minimum absolute atomic E-state index is 0.444. The Hall–Kier alpha value is -1.78. The lowest BCUT2D eigenvalue weighted by molar-refractivity contribution is -0.497. The number of anilines is 1. The van der Waals surface area contributed by atoms with Gasteiger partial charge < -0.3 is 9.94 Å². The molecule has 5 heteroatoms. The second-order valence-electron chi connectivity index (χ2n) is 2.41. The van der Waals surface area contributed by atoms with Gasteiger partial charge in [-0.1, -0.05) is 6.07 Å². The zero-order chi connectivity index (χ0) is 9.68. The summed E-state index contributed by atoms with van der Waals surface area (Å²) in [4.78, 5) is 0.444. The summed E-state index contributed by atoms with van der Waals surface area (Å²) in [5, 5.41) is 13.9. The van der Waals surface area contributed by atoms with Crippen molar-refractivity contribution in [2.45, 2.75) is 0 Å². The van der Waals surface area contributed by atoms with E-state index in [0.717, 1.165) is 0 Å². The zero-order valence-electron chi connectivity index (χ0n) is 7.52. The fourth-order valence-corrected chi connectivity index (χ4v) is 0.821. The minimum Gasteiger partial charge on any atom is -0.696 e. The molecule has 0 bridgehead atoms. The highest BCUT2D eigenvalue weighted by Gasteiger charge is 1.97. The molecule has 0 heterocycles. The Morgan fingerprint density at radius 3 is 2.92 bits per heavy atom. The smallest absolute Gasteiger partial charge is 0.150 e. The summed E-state index contributed by atoms with van der Waals surface area (Å²) >= 11 is 0. The van der Waals surface area contributed by atoms with Gasteiger partial charge in [-0.3, -0.25) is 0 Å². The lowest BCUT2D eigenvalue weighted by Crippen LogP contribution is -1.96. The molecule has 0 saturated heterocycles. The zero-order valence-corrected chi connectivity index (χ0v) is 7.52. The molecule has 0 radical (unpaired) electrons. The van der Waals surface area contributed by atoms with Crippen molar-refractivity contribution in [3.05, 3.63) is 29.5 Å². The summed E-state index contributed by atoms with van der Waals surface area (Å²) in [5.41, 5.74) is 3.29. The van der Waals surface area contributed by atoms with Crippen LogP contribution in [0, 0.1) is 5.21 Å². The van der Waals surface area contributed by atoms with E-state index >= 15 is 0 Å². The number of hydroxylamine groups is 1. The summed E-state index contributed by atoms with van der Waals surface area (Å²) in [6.45, 7) is 0. The SMILES string of the molecule is COc1cccc(N/N=[N+](\C)[O-])c1. The van der Waals surface area contributed by atoms with Crippen molar-refractivity contribution >= 4 is 5.69 Å². The maximum absolute atomic E-state index is 10.4. The van der Waals surface area contributed by atoms with Crippen LogP contribution < -0.4 is 10.2 Å². The Morgan fingerprint density at radius 1 is 1.54 bits per heavy atom. The van der Waals surface area contributed by atoms with Crippen LogP contribution in [-0.2, 0) is 0 Å². The van der Waals surface area contributed by atoms with Crippen molar-refractivity contribution in [3.8, 4) is 5.75 Å². The average molecular weight is 181 g/mol. The van der Waals surface area contributed by atoms with E-state index in [1.807, 2.05) is 12.1 Å². The van der Waals surface area contributed by atoms with Gasteiger partial charge in [-0.25, -0.2) is 0 Å². The van der Waals surface area contributed by atoms with Crippen molar-refractivity contribution in [2.24, 2.45) is 5.22 Å². The van der Waals surface area contributed by atoms with Crippen LogP contribution in [0.1, 0.15) is 0 Å². The monoisotopic (exact) mass is 181 g/mol. The predicted molar refractivity (Wildman–Crippen MR) is 48.6 cm³/mol. The van der Waals surface area contributed by atoms with Gasteiger partial charge in [0.2, 0.25) is 0 Å². The Bertz CT molecular complexity index is 308. The third kappa shape index (κ3) is 2.98. The van der Waals surface area contributed by atoms with E-state index in [2.05, 4.69) is 10.6 Å². The molecule has 0 saturated carbocycles. The Kier molecular flexibility index (Phi) is 3.08. The van der Waals surface area contributed by atoms with Crippen LogP contribution in [0.3, 0.4) is 0 Å². The number of benzene rings is 1. The maximum atomic E-state index is 10.4. The molecule has 1 N–H and O–H groups in total. The number of rotatable bonds is 3. The molecular formula is C8H11N3O2. The van der Waals surface area contributed by atoms with E-state index in [9.17, 15) is 5.21 Å². The van der Waals surface area contributed by atoms with Crippen LogP contribution in [0.4, 0.5) is 5.69 Å². The van der Waals surface area contributed by atoms with Crippen LogP contribution >= 0.6 is 0 Å². The molecule has 13 heavy (non-hydrogen) atoms. The van der Waals surface area contributed by atoms with Gasteiger partial charge in [0, 0.05) is 6.07 Å². The standard InChI is InChI=1S/C8H11N3O2/c1-11(12)10-9-7-4-3-5-8(6-7)13-2/h3-6,9H,1-2H3/b11-10+. The van der Waals surface area contributed by atoms with Crippen molar-refractivity contribution < 1.29 is 9.60 Å². The molecule has 0 aromatic heterocycles. The molecule has 0 atom stereocenters. The van der Waals surface area contributed by atoms with E-state index in [0.29, 0.717) is 16.3 Å². The largest absolute Gasteiger partial charge is 0.696 e. The normalized spacial score (nSPS) is 11.1. The van der Waals surface area contributed by atoms with Gasteiger partial charge in [0.25, 0.3) is 0 Å². The van der Waals surface area contributed by atoms with Crippen LogP contribution in [0.15, 0.2) is 29.5 Å². The van der Waals surface area contributed by atoms with Gasteiger partial charge in [0.1, 0.15) is 12.8 Å². The molecule has 0 aliphatic heterocycles. The Morgan fingerprint density at radius 2 is 2.31 bits per heavy atom. The molecule has 5 nitrogen and oxygen atoms in total. The van der Waals surface area contributed by atoms with Crippen molar-refractivity contribution in [1.82, 2.24) is 0 Å². The fourth-order valence-electron chi connectivity index (χ4n) is 0.821. The molecule has 0 spiro atoms. The summed E-state index contributed by atoms with van der Waals surface area (Å²) in [7, 11) is 2.88. The first-order chi connectivity index (χ1) is 6.22. The first-order valence-electron chi connectivity index (χ1n) is 3.74. The van der Waals surface area contributed by atoms with Crippen LogP contribution in [0.5, 0.6) is 5.75 Å². The third-order valence-electron chi connectivity index (χ3n) is 1.39. The van der Waals surface area contributed by atoms with Gasteiger partial charge in [-0.15, -0.1) is 5.43 Å². The molecule has 1 aromatic carbocycles. The van der Waals surface area contributed by atoms with Crippen LogP contribution in [0.25, 0.3) is 0 Å². The summed E-state index contributed by atoms with van der Waals surface area (Å²) in [6.07, 6.45) is 0. The lowest BCUT2D eigenvalue weighted by Gasteiger charge is -2.00. The van der Waals surface area contributed by atoms with Gasteiger partial charge in [0.15, 0.2) is 5.69 Å². The number of hydrogen-bond acceptors (Lipinski definition) is 3. The minimum atomic E-state index is 0.444. The van der Waals surface area contributed by atoms with Crippen molar-refractivity contribution in [3.63, 3.8) is 0 Å². The second-order valence-corrected chi connectivity index (χ2v) is 2.41. The molecular weight excluding hydrogens is 170 g/mol. The fraction of sp³-hybridized carbons (Fsp3) is 0.250. The van der Waals surface area contributed by atoms with Gasteiger partial charge in [-0.05, 0) is 12.1 Å². The molecule has 0 fully saturated rings. The van der Waals surface area contributed by atoms with Crippen molar-refractivity contribution in [2.75, 3.05) is 19.6 Å². The number of methoxy groups -OCH3 is 1. The van der Waals surface area contributed by atoms with E-state index in [1.54, 1.807) is 19.2 Å². The van der Waals surface area contributed by atoms with Crippen LogP contribution in [-0.4, -0.2) is 19.0 Å². The van der Waals surface area contributed by atoms with E-state index in [4.69, 9.17) is 4.74 Å². The first-order valence-corrected chi connectivity index (χ1v) is 3.74. The number of nitrogens with one attached hydrogen (secondary N) is 1. The van der Waals surface area contributed by atoms with Crippen molar-refractivity contribution in [1.29, 1.82) is 0 Å². The highest BCUT2D eigenvalue weighted by atomic mass is 16.5. The molecule has 0 amide bonds.